The highest BCUT2D eigenvalue weighted by Gasteiger charge is 2.39. The molecule has 0 fully saturated rings. The SMILES string of the molecule is CCOC(=O)C1Cc2ccccc2C1NC(=O)c1cccc(C)c1C. The Kier molecular flexibility index (Phi) is 4.88. The fourth-order valence-electron chi connectivity index (χ4n) is 3.46. The van der Waals surface area contributed by atoms with Gasteiger partial charge in [0.25, 0.3) is 5.91 Å². The average Bonchev–Trinajstić information content (AvgIpc) is 2.96. The molecule has 1 N–H and O–H groups in total. The summed E-state index contributed by atoms with van der Waals surface area (Å²) in [6.45, 7) is 6.06. The number of ether oxygens (including phenoxy) is 1. The number of fused-ring (bicyclic) bond motifs is 1. The number of amides is 1. The first-order chi connectivity index (χ1) is 12.0. The summed E-state index contributed by atoms with van der Waals surface area (Å²) >= 11 is 0. The highest BCUT2D eigenvalue weighted by atomic mass is 16.5. The molecule has 1 amide bonds. The number of aryl methyl sites for hydroxylation is 1. The van der Waals surface area contributed by atoms with Gasteiger partial charge >= 0.3 is 5.97 Å². The first-order valence-corrected chi connectivity index (χ1v) is 8.64. The second kappa shape index (κ2) is 7.09. The number of carbonyl (C=O) groups is 2. The van der Waals surface area contributed by atoms with Crippen molar-refractivity contribution in [1.82, 2.24) is 5.32 Å². The monoisotopic (exact) mass is 337 g/mol. The van der Waals surface area contributed by atoms with Gasteiger partial charge in [0.1, 0.15) is 0 Å². The van der Waals surface area contributed by atoms with Gasteiger partial charge < -0.3 is 10.1 Å². The van der Waals surface area contributed by atoms with Crippen molar-refractivity contribution in [3.8, 4) is 0 Å². The van der Waals surface area contributed by atoms with E-state index in [1.54, 1.807) is 6.92 Å². The normalized spacial score (nSPS) is 18.5. The molecule has 0 aliphatic heterocycles. The van der Waals surface area contributed by atoms with Gasteiger partial charge in [-0.2, -0.15) is 0 Å². The van der Waals surface area contributed by atoms with Crippen molar-refractivity contribution >= 4 is 11.9 Å². The van der Waals surface area contributed by atoms with Crippen LogP contribution in [0.5, 0.6) is 0 Å². The lowest BCUT2D eigenvalue weighted by molar-refractivity contribution is -0.148. The lowest BCUT2D eigenvalue weighted by Crippen LogP contribution is -2.35. The molecule has 1 aliphatic carbocycles. The van der Waals surface area contributed by atoms with Gasteiger partial charge in [0.15, 0.2) is 0 Å². The summed E-state index contributed by atoms with van der Waals surface area (Å²) in [5.41, 5.74) is 4.76. The predicted octanol–water partition coefficient (Wildman–Crippen LogP) is 3.51. The van der Waals surface area contributed by atoms with E-state index in [9.17, 15) is 9.59 Å². The molecule has 0 saturated heterocycles. The Morgan fingerprint density at radius 1 is 1.12 bits per heavy atom. The minimum atomic E-state index is -0.383. The van der Waals surface area contributed by atoms with E-state index in [1.165, 1.54) is 0 Å². The molecule has 0 bridgehead atoms. The third-order valence-electron chi connectivity index (χ3n) is 4.96. The van der Waals surface area contributed by atoms with Crippen molar-refractivity contribution in [1.29, 1.82) is 0 Å². The molecule has 2 aromatic carbocycles. The highest BCUT2D eigenvalue weighted by Crippen LogP contribution is 2.37. The van der Waals surface area contributed by atoms with Gasteiger partial charge in [-0.1, -0.05) is 36.4 Å². The Morgan fingerprint density at radius 2 is 1.88 bits per heavy atom. The highest BCUT2D eigenvalue weighted by molar-refractivity contribution is 5.96. The van der Waals surface area contributed by atoms with Crippen LogP contribution < -0.4 is 5.32 Å². The van der Waals surface area contributed by atoms with E-state index in [2.05, 4.69) is 5.32 Å². The molecule has 4 heteroatoms. The Morgan fingerprint density at radius 3 is 2.64 bits per heavy atom. The summed E-state index contributed by atoms with van der Waals surface area (Å²) in [7, 11) is 0. The lowest BCUT2D eigenvalue weighted by Gasteiger charge is -2.21. The number of esters is 1. The number of carbonyl (C=O) groups excluding carboxylic acids is 2. The van der Waals surface area contributed by atoms with Gasteiger partial charge in [-0.25, -0.2) is 0 Å². The standard InChI is InChI=1S/C21H23NO3/c1-4-25-21(24)18-12-15-9-5-6-10-17(15)19(18)22-20(23)16-11-7-8-13(2)14(16)3/h5-11,18-19H,4,12H2,1-3H3,(H,22,23). The van der Waals surface area contributed by atoms with E-state index in [1.807, 2.05) is 56.3 Å². The van der Waals surface area contributed by atoms with Crippen molar-refractivity contribution in [2.75, 3.05) is 6.61 Å². The first kappa shape index (κ1) is 17.2. The zero-order valence-corrected chi connectivity index (χ0v) is 14.8. The molecular weight excluding hydrogens is 314 g/mol. The lowest BCUT2D eigenvalue weighted by atomic mass is 9.98. The largest absolute Gasteiger partial charge is 0.466 e. The smallest absolute Gasteiger partial charge is 0.311 e. The maximum Gasteiger partial charge on any atom is 0.311 e. The Balaban J connectivity index is 1.90. The molecule has 2 atom stereocenters. The van der Waals surface area contributed by atoms with Crippen molar-refractivity contribution in [2.45, 2.75) is 33.2 Å². The fraction of sp³-hybridized carbons (Fsp3) is 0.333. The molecule has 4 nitrogen and oxygen atoms in total. The van der Waals surface area contributed by atoms with E-state index in [0.717, 1.165) is 22.3 Å². The first-order valence-electron chi connectivity index (χ1n) is 8.64. The summed E-state index contributed by atoms with van der Waals surface area (Å²) in [4.78, 5) is 25.2. The Bertz CT molecular complexity index is 813. The molecule has 0 saturated carbocycles. The molecule has 3 rings (SSSR count). The topological polar surface area (TPSA) is 55.4 Å². The van der Waals surface area contributed by atoms with Gasteiger partial charge in [-0.05, 0) is 55.5 Å². The van der Waals surface area contributed by atoms with E-state index in [4.69, 9.17) is 4.74 Å². The summed E-state index contributed by atoms with van der Waals surface area (Å²) in [5, 5.41) is 3.07. The van der Waals surface area contributed by atoms with Crippen LogP contribution in [0.15, 0.2) is 42.5 Å². The van der Waals surface area contributed by atoms with Crippen LogP contribution in [0.1, 0.15) is 45.6 Å². The van der Waals surface area contributed by atoms with E-state index in [0.29, 0.717) is 18.6 Å². The molecule has 0 aromatic heterocycles. The van der Waals surface area contributed by atoms with Gasteiger partial charge in [0.2, 0.25) is 0 Å². The van der Waals surface area contributed by atoms with E-state index >= 15 is 0 Å². The van der Waals surface area contributed by atoms with Gasteiger partial charge in [-0.15, -0.1) is 0 Å². The average molecular weight is 337 g/mol. The molecule has 25 heavy (non-hydrogen) atoms. The number of hydrogen-bond donors (Lipinski definition) is 1. The van der Waals surface area contributed by atoms with Gasteiger partial charge in [-0.3, -0.25) is 9.59 Å². The quantitative estimate of drug-likeness (QED) is 0.869. The molecule has 0 radical (unpaired) electrons. The molecule has 2 unspecified atom stereocenters. The Hall–Kier alpha value is -2.62. The summed E-state index contributed by atoms with van der Waals surface area (Å²) in [5.74, 6) is -0.798. The third-order valence-corrected chi connectivity index (χ3v) is 4.96. The van der Waals surface area contributed by atoms with Crippen molar-refractivity contribution < 1.29 is 14.3 Å². The van der Waals surface area contributed by atoms with Crippen molar-refractivity contribution in [3.63, 3.8) is 0 Å². The number of hydrogen-bond acceptors (Lipinski definition) is 3. The zero-order chi connectivity index (χ0) is 18.0. The molecular formula is C21H23NO3. The van der Waals surface area contributed by atoms with E-state index in [-0.39, 0.29) is 23.8 Å². The van der Waals surface area contributed by atoms with Gasteiger partial charge in [0.05, 0.1) is 18.6 Å². The second-order valence-electron chi connectivity index (χ2n) is 6.46. The van der Waals surface area contributed by atoms with Gasteiger partial charge in [0, 0.05) is 5.56 Å². The van der Waals surface area contributed by atoms with Crippen LogP contribution in [0.3, 0.4) is 0 Å². The molecule has 130 valence electrons. The second-order valence-corrected chi connectivity index (χ2v) is 6.46. The molecule has 0 heterocycles. The minimum Gasteiger partial charge on any atom is -0.466 e. The van der Waals surface area contributed by atoms with Crippen LogP contribution in [-0.2, 0) is 16.0 Å². The van der Waals surface area contributed by atoms with Crippen molar-refractivity contribution in [2.24, 2.45) is 5.92 Å². The maximum absolute atomic E-state index is 12.8. The predicted molar refractivity (Wildman–Crippen MR) is 96.4 cm³/mol. The summed E-state index contributed by atoms with van der Waals surface area (Å²) in [6, 6.07) is 13.2. The minimum absolute atomic E-state index is 0.155. The number of rotatable bonds is 4. The zero-order valence-electron chi connectivity index (χ0n) is 14.8. The van der Waals surface area contributed by atoms with Crippen LogP contribution in [0, 0.1) is 19.8 Å². The third kappa shape index (κ3) is 3.29. The van der Waals surface area contributed by atoms with Crippen LogP contribution in [0.2, 0.25) is 0 Å². The molecule has 1 aliphatic rings. The molecule has 0 spiro atoms. The van der Waals surface area contributed by atoms with Crippen molar-refractivity contribution in [3.05, 3.63) is 70.3 Å². The van der Waals surface area contributed by atoms with Crippen LogP contribution in [0.25, 0.3) is 0 Å². The number of benzene rings is 2. The summed E-state index contributed by atoms with van der Waals surface area (Å²) in [6.07, 6.45) is 0.590. The summed E-state index contributed by atoms with van der Waals surface area (Å²) < 4.78 is 5.23. The Labute approximate surface area is 148 Å². The fourth-order valence-corrected chi connectivity index (χ4v) is 3.46. The molecule has 2 aromatic rings. The van der Waals surface area contributed by atoms with Crippen LogP contribution in [0.4, 0.5) is 0 Å². The maximum atomic E-state index is 12.8. The van der Waals surface area contributed by atoms with E-state index < -0.39 is 0 Å². The van der Waals surface area contributed by atoms with Crippen LogP contribution >= 0.6 is 0 Å². The number of nitrogens with one attached hydrogen (secondary N) is 1. The van der Waals surface area contributed by atoms with Crippen LogP contribution in [-0.4, -0.2) is 18.5 Å².